The smallest absolute Gasteiger partial charge is 0.119 e. The van der Waals surface area contributed by atoms with Crippen LogP contribution in [0.4, 0.5) is 5.69 Å². The van der Waals surface area contributed by atoms with Gasteiger partial charge in [-0.2, -0.15) is 5.26 Å². The SMILES string of the molecule is Br.CC/C(=C\c1ccc(C#N)cc1)CCCOc1ccc(N)cc1. The molecule has 0 saturated carbocycles. The predicted octanol–water partition coefficient (Wildman–Crippen LogP) is 5.37. The summed E-state index contributed by atoms with van der Waals surface area (Å²) in [5, 5.41) is 8.82. The van der Waals surface area contributed by atoms with Gasteiger partial charge in [0.25, 0.3) is 0 Å². The van der Waals surface area contributed by atoms with Crippen LogP contribution in [0.2, 0.25) is 0 Å². The van der Waals surface area contributed by atoms with Crippen LogP contribution in [0.3, 0.4) is 0 Å². The Hall–Kier alpha value is -2.25. The first-order valence-electron chi connectivity index (χ1n) is 7.89. The van der Waals surface area contributed by atoms with Gasteiger partial charge in [0.05, 0.1) is 18.2 Å². The van der Waals surface area contributed by atoms with Crippen molar-refractivity contribution in [3.63, 3.8) is 0 Å². The van der Waals surface area contributed by atoms with Crippen LogP contribution in [0.5, 0.6) is 5.75 Å². The number of nitrogens with two attached hydrogens (primary N) is 1. The van der Waals surface area contributed by atoms with Crippen molar-refractivity contribution in [2.24, 2.45) is 0 Å². The van der Waals surface area contributed by atoms with E-state index in [1.807, 2.05) is 48.5 Å². The lowest BCUT2D eigenvalue weighted by atomic mass is 10.0. The molecule has 0 spiro atoms. The van der Waals surface area contributed by atoms with Gasteiger partial charge in [-0.15, -0.1) is 17.0 Å². The number of nitrogen functional groups attached to an aromatic ring is 1. The molecule has 126 valence electrons. The molecular weight excluding hydrogens is 364 g/mol. The van der Waals surface area contributed by atoms with Gasteiger partial charge < -0.3 is 10.5 Å². The first-order valence-corrected chi connectivity index (χ1v) is 7.89. The third kappa shape index (κ3) is 6.47. The highest BCUT2D eigenvalue weighted by molar-refractivity contribution is 8.93. The average molecular weight is 387 g/mol. The maximum Gasteiger partial charge on any atom is 0.119 e. The minimum Gasteiger partial charge on any atom is -0.494 e. The summed E-state index contributed by atoms with van der Waals surface area (Å²) in [5.74, 6) is 0.855. The summed E-state index contributed by atoms with van der Waals surface area (Å²) < 4.78 is 5.72. The number of benzene rings is 2. The van der Waals surface area contributed by atoms with E-state index in [0.29, 0.717) is 12.2 Å². The van der Waals surface area contributed by atoms with Crippen LogP contribution in [0, 0.1) is 11.3 Å². The highest BCUT2D eigenvalue weighted by Crippen LogP contribution is 2.17. The van der Waals surface area contributed by atoms with E-state index in [2.05, 4.69) is 19.1 Å². The molecule has 0 aliphatic heterocycles. The van der Waals surface area contributed by atoms with Gasteiger partial charge in [0.15, 0.2) is 0 Å². The van der Waals surface area contributed by atoms with Crippen molar-refractivity contribution in [3.8, 4) is 11.8 Å². The second-order valence-corrected chi connectivity index (χ2v) is 5.41. The van der Waals surface area contributed by atoms with Crippen LogP contribution in [0.1, 0.15) is 37.3 Å². The van der Waals surface area contributed by atoms with Crippen LogP contribution in [-0.2, 0) is 0 Å². The van der Waals surface area contributed by atoms with Crippen LogP contribution in [0.25, 0.3) is 6.08 Å². The highest BCUT2D eigenvalue weighted by Gasteiger charge is 1.99. The zero-order valence-corrected chi connectivity index (χ0v) is 15.6. The Morgan fingerprint density at radius 2 is 1.79 bits per heavy atom. The monoisotopic (exact) mass is 386 g/mol. The normalized spacial score (nSPS) is 10.6. The summed E-state index contributed by atoms with van der Waals surface area (Å²) in [6.07, 6.45) is 5.19. The molecule has 2 aromatic rings. The number of ether oxygens (including phenoxy) is 1. The number of halogens is 1. The molecule has 0 aliphatic rings. The topological polar surface area (TPSA) is 59.0 Å². The predicted molar refractivity (Wildman–Crippen MR) is 105 cm³/mol. The molecule has 0 heterocycles. The molecule has 0 aliphatic carbocycles. The Kier molecular flexibility index (Phi) is 8.67. The molecule has 3 nitrogen and oxygen atoms in total. The molecule has 0 fully saturated rings. The number of anilines is 1. The van der Waals surface area contributed by atoms with Crippen LogP contribution < -0.4 is 10.5 Å². The van der Waals surface area contributed by atoms with E-state index in [4.69, 9.17) is 15.7 Å². The Morgan fingerprint density at radius 1 is 1.12 bits per heavy atom. The average Bonchev–Trinajstić information content (AvgIpc) is 2.59. The second kappa shape index (κ2) is 10.5. The molecule has 0 amide bonds. The molecule has 0 radical (unpaired) electrons. The number of hydrogen-bond donors (Lipinski definition) is 1. The first kappa shape index (κ1) is 19.8. The number of rotatable bonds is 7. The van der Waals surface area contributed by atoms with E-state index in [-0.39, 0.29) is 17.0 Å². The lowest BCUT2D eigenvalue weighted by Gasteiger charge is -2.08. The minimum atomic E-state index is 0. The van der Waals surface area contributed by atoms with Crippen LogP contribution >= 0.6 is 17.0 Å². The number of nitriles is 1. The van der Waals surface area contributed by atoms with Crippen molar-refractivity contribution in [1.82, 2.24) is 0 Å². The lowest BCUT2D eigenvalue weighted by Crippen LogP contribution is -1.98. The van der Waals surface area contributed by atoms with E-state index >= 15 is 0 Å². The van der Waals surface area contributed by atoms with Gasteiger partial charge in [-0.3, -0.25) is 0 Å². The van der Waals surface area contributed by atoms with E-state index in [1.165, 1.54) is 5.57 Å². The Balaban J connectivity index is 0.00000288. The fourth-order valence-electron chi connectivity index (χ4n) is 2.29. The van der Waals surface area contributed by atoms with Gasteiger partial charge >= 0.3 is 0 Å². The Bertz CT molecular complexity index is 685. The molecule has 2 N–H and O–H groups in total. The summed E-state index contributed by atoms with van der Waals surface area (Å²) in [5.41, 5.74) is 9.61. The van der Waals surface area contributed by atoms with E-state index in [1.54, 1.807) is 0 Å². The number of nitrogens with zero attached hydrogens (tertiary/aromatic N) is 1. The molecule has 0 unspecified atom stereocenters. The molecule has 0 bridgehead atoms. The van der Waals surface area contributed by atoms with Gasteiger partial charge in [-0.05, 0) is 61.2 Å². The molecule has 4 heteroatoms. The minimum absolute atomic E-state index is 0. The Morgan fingerprint density at radius 3 is 2.38 bits per heavy atom. The van der Waals surface area contributed by atoms with Gasteiger partial charge in [0.1, 0.15) is 5.75 Å². The molecule has 0 saturated heterocycles. The summed E-state index contributed by atoms with van der Waals surface area (Å²) in [7, 11) is 0. The van der Waals surface area contributed by atoms with Crippen molar-refractivity contribution < 1.29 is 4.74 Å². The summed E-state index contributed by atoms with van der Waals surface area (Å²) in [6.45, 7) is 2.85. The van der Waals surface area contributed by atoms with E-state index < -0.39 is 0 Å². The second-order valence-electron chi connectivity index (χ2n) is 5.41. The third-order valence-electron chi connectivity index (χ3n) is 3.66. The van der Waals surface area contributed by atoms with Crippen LogP contribution in [0.15, 0.2) is 54.1 Å². The van der Waals surface area contributed by atoms with Crippen LogP contribution in [-0.4, -0.2) is 6.61 Å². The fraction of sp³-hybridized carbons (Fsp3) is 0.250. The third-order valence-corrected chi connectivity index (χ3v) is 3.66. The summed E-state index contributed by atoms with van der Waals surface area (Å²) in [4.78, 5) is 0. The number of hydrogen-bond acceptors (Lipinski definition) is 3. The zero-order valence-electron chi connectivity index (χ0n) is 13.9. The summed E-state index contributed by atoms with van der Waals surface area (Å²) >= 11 is 0. The molecule has 2 aromatic carbocycles. The highest BCUT2D eigenvalue weighted by atomic mass is 79.9. The molecular formula is C20H23BrN2O. The zero-order chi connectivity index (χ0) is 16.5. The molecule has 24 heavy (non-hydrogen) atoms. The van der Waals surface area contributed by atoms with Crippen molar-refractivity contribution in [2.75, 3.05) is 12.3 Å². The first-order chi connectivity index (χ1) is 11.2. The molecule has 0 aromatic heterocycles. The van der Waals surface area contributed by atoms with Crippen molar-refractivity contribution in [3.05, 3.63) is 65.2 Å². The molecule has 0 atom stereocenters. The Labute approximate surface area is 154 Å². The van der Waals surface area contributed by atoms with E-state index in [9.17, 15) is 0 Å². The van der Waals surface area contributed by atoms with Gasteiger partial charge in [-0.25, -0.2) is 0 Å². The largest absolute Gasteiger partial charge is 0.494 e. The molecule has 2 rings (SSSR count). The number of allylic oxidation sites excluding steroid dienone is 1. The standard InChI is InChI=1S/C20H22N2O.BrH/c1-2-16(14-17-5-7-18(15-21)8-6-17)4-3-13-23-20-11-9-19(22)10-12-20;/h5-12,14H,2-4,13,22H2,1H3;1H/b16-14+;. The van der Waals surface area contributed by atoms with Crippen molar-refractivity contribution in [2.45, 2.75) is 26.2 Å². The lowest BCUT2D eigenvalue weighted by molar-refractivity contribution is 0.310. The maximum absolute atomic E-state index is 8.82. The maximum atomic E-state index is 8.82. The van der Waals surface area contributed by atoms with Crippen molar-refractivity contribution >= 4 is 28.7 Å². The van der Waals surface area contributed by atoms with Gasteiger partial charge in [-0.1, -0.05) is 30.7 Å². The van der Waals surface area contributed by atoms with Gasteiger partial charge in [0.2, 0.25) is 0 Å². The summed E-state index contributed by atoms with van der Waals surface area (Å²) in [6, 6.07) is 17.3. The van der Waals surface area contributed by atoms with Crippen molar-refractivity contribution in [1.29, 1.82) is 5.26 Å². The van der Waals surface area contributed by atoms with Gasteiger partial charge in [0, 0.05) is 5.69 Å². The fourth-order valence-corrected chi connectivity index (χ4v) is 2.29. The quantitative estimate of drug-likeness (QED) is 0.513. The van der Waals surface area contributed by atoms with E-state index in [0.717, 1.165) is 36.3 Å².